The minimum atomic E-state index is -1.41. The third-order valence-corrected chi connectivity index (χ3v) is 4.99. The van der Waals surface area contributed by atoms with Crippen molar-refractivity contribution < 1.29 is 13.2 Å². The molecule has 1 unspecified atom stereocenters. The summed E-state index contributed by atoms with van der Waals surface area (Å²) in [5.41, 5.74) is 9.66. The second-order valence-corrected chi connectivity index (χ2v) is 6.30. The second-order valence-electron chi connectivity index (χ2n) is 6.30. The summed E-state index contributed by atoms with van der Waals surface area (Å²) in [7, 11) is 1.89. The fourth-order valence-corrected chi connectivity index (χ4v) is 3.56. The number of aryl methyl sites for hydroxylation is 2. The lowest BCUT2D eigenvalue weighted by Crippen LogP contribution is -2.30. The first-order valence-electron chi connectivity index (χ1n) is 7.94. The first-order valence-corrected chi connectivity index (χ1v) is 7.94. The van der Waals surface area contributed by atoms with Gasteiger partial charge in [-0.3, -0.25) is 9.58 Å². The molecule has 2 aromatic rings. The maximum atomic E-state index is 14.0. The van der Waals surface area contributed by atoms with Crippen molar-refractivity contribution in [1.29, 1.82) is 0 Å². The molecule has 130 valence electrons. The number of nitrogens with zero attached hydrogens (tertiary/aromatic N) is 3. The topological polar surface area (TPSA) is 47.1 Å². The molecule has 0 fully saturated rings. The van der Waals surface area contributed by atoms with Gasteiger partial charge in [0.1, 0.15) is 0 Å². The fourth-order valence-electron chi connectivity index (χ4n) is 3.56. The van der Waals surface area contributed by atoms with Gasteiger partial charge in [0.25, 0.3) is 0 Å². The Kier molecular flexibility index (Phi) is 4.40. The van der Waals surface area contributed by atoms with E-state index in [1.807, 2.05) is 30.5 Å². The number of hydrogen-bond donors (Lipinski definition) is 1. The Hall–Kier alpha value is -1.86. The van der Waals surface area contributed by atoms with Crippen LogP contribution in [0.5, 0.6) is 0 Å². The smallest absolute Gasteiger partial charge is 0.194 e. The van der Waals surface area contributed by atoms with E-state index >= 15 is 0 Å². The van der Waals surface area contributed by atoms with Gasteiger partial charge in [-0.2, -0.15) is 5.10 Å². The minimum Gasteiger partial charge on any atom is -0.329 e. The lowest BCUT2D eigenvalue weighted by atomic mass is 10.0. The monoisotopic (exact) mass is 338 g/mol. The zero-order chi connectivity index (χ0) is 17.6. The molecule has 0 radical (unpaired) electrons. The molecule has 1 aromatic carbocycles. The molecule has 0 aliphatic carbocycles. The quantitative estimate of drug-likeness (QED) is 0.872. The van der Waals surface area contributed by atoms with Crippen molar-refractivity contribution in [3.63, 3.8) is 0 Å². The third kappa shape index (κ3) is 2.61. The molecular formula is C17H21F3N4. The molecule has 24 heavy (non-hydrogen) atoms. The Morgan fingerprint density at radius 1 is 1.25 bits per heavy atom. The number of fused-ring (bicyclic) bond motifs is 1. The number of nitrogens with two attached hydrogens (primary N) is 1. The summed E-state index contributed by atoms with van der Waals surface area (Å²) in [6.45, 7) is 5.03. The first-order chi connectivity index (χ1) is 11.3. The van der Waals surface area contributed by atoms with Crippen LogP contribution in [0.2, 0.25) is 0 Å². The van der Waals surface area contributed by atoms with E-state index in [1.165, 1.54) is 0 Å². The largest absolute Gasteiger partial charge is 0.329 e. The van der Waals surface area contributed by atoms with Crippen LogP contribution in [0, 0.1) is 31.3 Å². The molecule has 0 amide bonds. The molecule has 0 saturated carbocycles. The molecule has 0 saturated heterocycles. The average Bonchev–Trinajstić information content (AvgIpc) is 3.01. The molecule has 7 heteroatoms. The summed E-state index contributed by atoms with van der Waals surface area (Å²) >= 11 is 0. The van der Waals surface area contributed by atoms with Gasteiger partial charge in [-0.05, 0) is 37.5 Å². The SMILES string of the molecule is Cc1nn(C)c(C)c1CCN1Cc2c(cc(F)c(F)c2F)C1CN. The van der Waals surface area contributed by atoms with Gasteiger partial charge in [-0.15, -0.1) is 0 Å². The molecule has 0 spiro atoms. The summed E-state index contributed by atoms with van der Waals surface area (Å²) in [5, 5.41) is 4.39. The average molecular weight is 338 g/mol. The van der Waals surface area contributed by atoms with E-state index in [4.69, 9.17) is 5.73 Å². The highest BCUT2D eigenvalue weighted by Gasteiger charge is 2.34. The van der Waals surface area contributed by atoms with Gasteiger partial charge < -0.3 is 5.73 Å². The van der Waals surface area contributed by atoms with Gasteiger partial charge >= 0.3 is 0 Å². The highest BCUT2D eigenvalue weighted by Crippen LogP contribution is 2.36. The van der Waals surface area contributed by atoms with Gasteiger partial charge in [0.15, 0.2) is 17.5 Å². The molecule has 3 rings (SSSR count). The first kappa shape index (κ1) is 17.0. The molecule has 1 aliphatic heterocycles. The van der Waals surface area contributed by atoms with Crippen molar-refractivity contribution in [3.05, 3.63) is 51.6 Å². The second kappa shape index (κ2) is 6.22. The van der Waals surface area contributed by atoms with Crippen molar-refractivity contribution in [3.8, 4) is 0 Å². The van der Waals surface area contributed by atoms with Crippen LogP contribution >= 0.6 is 0 Å². The van der Waals surface area contributed by atoms with E-state index < -0.39 is 17.5 Å². The van der Waals surface area contributed by atoms with E-state index in [-0.39, 0.29) is 24.7 Å². The predicted molar refractivity (Wildman–Crippen MR) is 84.9 cm³/mol. The van der Waals surface area contributed by atoms with Crippen LogP contribution in [0.3, 0.4) is 0 Å². The van der Waals surface area contributed by atoms with E-state index in [1.54, 1.807) is 0 Å². The van der Waals surface area contributed by atoms with E-state index in [2.05, 4.69) is 5.10 Å². The highest BCUT2D eigenvalue weighted by atomic mass is 19.2. The Labute approximate surface area is 139 Å². The van der Waals surface area contributed by atoms with Crippen LogP contribution < -0.4 is 5.73 Å². The number of hydrogen-bond acceptors (Lipinski definition) is 3. The lowest BCUT2D eigenvalue weighted by molar-refractivity contribution is 0.221. The maximum Gasteiger partial charge on any atom is 0.194 e. The summed E-state index contributed by atoms with van der Waals surface area (Å²) in [5.74, 6) is -3.67. The summed E-state index contributed by atoms with van der Waals surface area (Å²) in [6.07, 6.45) is 0.725. The number of benzene rings is 1. The standard InChI is InChI=1S/C17H21F3N4/c1-9-11(10(2)23(3)22-9)4-5-24-8-13-12(15(24)7-21)6-14(18)17(20)16(13)19/h6,15H,4-5,7-8,21H2,1-3H3. The van der Waals surface area contributed by atoms with Crippen molar-refractivity contribution >= 4 is 0 Å². The van der Waals surface area contributed by atoms with Gasteiger partial charge in [-0.25, -0.2) is 13.2 Å². The highest BCUT2D eigenvalue weighted by molar-refractivity contribution is 5.37. The Morgan fingerprint density at radius 2 is 1.96 bits per heavy atom. The maximum absolute atomic E-state index is 14.0. The molecule has 4 nitrogen and oxygen atoms in total. The summed E-state index contributed by atoms with van der Waals surface area (Å²) in [4.78, 5) is 1.97. The zero-order valence-corrected chi connectivity index (χ0v) is 14.0. The van der Waals surface area contributed by atoms with Crippen LogP contribution in [0.4, 0.5) is 13.2 Å². The Balaban J connectivity index is 1.84. The van der Waals surface area contributed by atoms with Gasteiger partial charge in [0.05, 0.1) is 5.69 Å². The molecular weight excluding hydrogens is 317 g/mol. The van der Waals surface area contributed by atoms with Crippen molar-refractivity contribution in [1.82, 2.24) is 14.7 Å². The lowest BCUT2D eigenvalue weighted by Gasteiger charge is -2.23. The molecule has 2 heterocycles. The molecule has 1 atom stereocenters. The van der Waals surface area contributed by atoms with Crippen molar-refractivity contribution in [2.75, 3.05) is 13.1 Å². The number of rotatable bonds is 4. The van der Waals surface area contributed by atoms with Crippen LogP contribution in [-0.2, 0) is 20.0 Å². The van der Waals surface area contributed by atoms with Gasteiger partial charge in [0.2, 0.25) is 0 Å². The normalized spacial score (nSPS) is 17.5. The predicted octanol–water partition coefficient (Wildman–Crippen LogP) is 2.51. The van der Waals surface area contributed by atoms with E-state index in [0.717, 1.165) is 29.4 Å². The van der Waals surface area contributed by atoms with Crippen LogP contribution in [0.1, 0.15) is 34.1 Å². The van der Waals surface area contributed by atoms with Crippen LogP contribution in [-0.4, -0.2) is 27.8 Å². The summed E-state index contributed by atoms with van der Waals surface area (Å²) < 4.78 is 42.9. The zero-order valence-electron chi connectivity index (χ0n) is 14.0. The Morgan fingerprint density at radius 3 is 2.54 bits per heavy atom. The van der Waals surface area contributed by atoms with Gasteiger partial charge in [-0.1, -0.05) is 0 Å². The summed E-state index contributed by atoms with van der Waals surface area (Å²) in [6, 6.07) is 0.771. The van der Waals surface area contributed by atoms with Crippen molar-refractivity contribution in [2.24, 2.45) is 12.8 Å². The number of halogens is 3. The molecule has 1 aliphatic rings. The van der Waals surface area contributed by atoms with Crippen molar-refractivity contribution in [2.45, 2.75) is 32.9 Å². The number of aromatic nitrogens is 2. The molecule has 2 N–H and O–H groups in total. The minimum absolute atomic E-state index is 0.212. The molecule has 1 aromatic heterocycles. The Bertz CT molecular complexity index is 785. The molecule has 0 bridgehead atoms. The van der Waals surface area contributed by atoms with E-state index in [9.17, 15) is 13.2 Å². The van der Waals surface area contributed by atoms with Crippen LogP contribution in [0.15, 0.2) is 6.07 Å². The van der Waals surface area contributed by atoms with E-state index in [0.29, 0.717) is 12.1 Å². The van der Waals surface area contributed by atoms with Gasteiger partial charge in [0, 0.05) is 44.0 Å². The van der Waals surface area contributed by atoms with Crippen LogP contribution in [0.25, 0.3) is 0 Å². The third-order valence-electron chi connectivity index (χ3n) is 4.99. The fraction of sp³-hybridized carbons (Fsp3) is 0.471.